The van der Waals surface area contributed by atoms with Crippen LogP contribution in [-0.2, 0) is 5.60 Å². The van der Waals surface area contributed by atoms with E-state index in [0.29, 0.717) is 6.54 Å². The van der Waals surface area contributed by atoms with Crippen LogP contribution in [0, 0.1) is 6.92 Å². The summed E-state index contributed by atoms with van der Waals surface area (Å²) >= 11 is 1.59. The Labute approximate surface area is 128 Å². The summed E-state index contributed by atoms with van der Waals surface area (Å²) in [5.41, 5.74) is 3.20. The lowest BCUT2D eigenvalue weighted by atomic mass is 9.99. The molecule has 0 radical (unpaired) electrons. The summed E-state index contributed by atoms with van der Waals surface area (Å²) in [6.07, 6.45) is 1.80. The van der Waals surface area contributed by atoms with Gasteiger partial charge in [-0.1, -0.05) is 18.2 Å². The van der Waals surface area contributed by atoms with Gasteiger partial charge in [0.1, 0.15) is 5.60 Å². The molecule has 1 aromatic carbocycles. The van der Waals surface area contributed by atoms with Gasteiger partial charge in [0.05, 0.1) is 5.52 Å². The molecule has 3 nitrogen and oxygen atoms in total. The van der Waals surface area contributed by atoms with E-state index in [4.69, 9.17) is 0 Å². The number of benzene rings is 1. The molecule has 0 aliphatic heterocycles. The minimum atomic E-state index is -0.889. The fraction of sp³-hybridized carbons (Fsp3) is 0.235. The number of thiophene rings is 1. The van der Waals surface area contributed by atoms with Crippen LogP contribution in [0.25, 0.3) is 10.9 Å². The lowest BCUT2D eigenvalue weighted by Crippen LogP contribution is -2.30. The van der Waals surface area contributed by atoms with Gasteiger partial charge >= 0.3 is 0 Å². The molecule has 2 aromatic heterocycles. The SMILES string of the molecule is Cc1cccc2c(NCC(C)(O)c3ccsc3)ccnc12. The summed E-state index contributed by atoms with van der Waals surface area (Å²) in [6.45, 7) is 4.34. The number of fused-ring (bicyclic) bond motifs is 1. The van der Waals surface area contributed by atoms with Gasteiger partial charge in [0.2, 0.25) is 0 Å². The number of nitrogens with zero attached hydrogens (tertiary/aromatic N) is 1. The smallest absolute Gasteiger partial charge is 0.105 e. The zero-order valence-electron chi connectivity index (χ0n) is 12.1. The van der Waals surface area contributed by atoms with E-state index < -0.39 is 5.60 Å². The van der Waals surface area contributed by atoms with Crippen molar-refractivity contribution < 1.29 is 5.11 Å². The van der Waals surface area contributed by atoms with Crippen LogP contribution in [0.3, 0.4) is 0 Å². The van der Waals surface area contributed by atoms with E-state index in [2.05, 4.69) is 29.4 Å². The molecule has 1 atom stereocenters. The summed E-state index contributed by atoms with van der Waals surface area (Å²) in [6, 6.07) is 10.0. The predicted molar refractivity (Wildman–Crippen MR) is 88.9 cm³/mol. The zero-order chi connectivity index (χ0) is 14.9. The third-order valence-corrected chi connectivity index (χ3v) is 4.42. The number of anilines is 1. The largest absolute Gasteiger partial charge is 0.384 e. The van der Waals surface area contributed by atoms with Crippen LogP contribution < -0.4 is 5.32 Å². The predicted octanol–water partition coefficient (Wildman–Crippen LogP) is 3.92. The average molecular weight is 298 g/mol. The Morgan fingerprint density at radius 2 is 2.14 bits per heavy atom. The molecule has 0 bridgehead atoms. The van der Waals surface area contributed by atoms with Crippen molar-refractivity contribution in [3.63, 3.8) is 0 Å². The maximum Gasteiger partial charge on any atom is 0.105 e. The molecule has 0 aliphatic carbocycles. The number of para-hydroxylation sites is 1. The normalized spacial score (nSPS) is 14.0. The van der Waals surface area contributed by atoms with Gasteiger partial charge in [0.25, 0.3) is 0 Å². The van der Waals surface area contributed by atoms with Gasteiger partial charge in [-0.25, -0.2) is 0 Å². The second-order valence-corrected chi connectivity index (χ2v) is 6.25. The number of aryl methyl sites for hydroxylation is 1. The Bertz CT molecular complexity index is 751. The van der Waals surface area contributed by atoms with Crippen molar-refractivity contribution in [2.75, 3.05) is 11.9 Å². The molecule has 0 fully saturated rings. The summed E-state index contributed by atoms with van der Waals surface area (Å²) in [7, 11) is 0. The highest BCUT2D eigenvalue weighted by atomic mass is 32.1. The number of hydrogen-bond donors (Lipinski definition) is 2. The molecular formula is C17H18N2OS. The fourth-order valence-electron chi connectivity index (χ4n) is 2.42. The lowest BCUT2D eigenvalue weighted by molar-refractivity contribution is 0.0720. The van der Waals surface area contributed by atoms with E-state index in [0.717, 1.165) is 27.7 Å². The minimum Gasteiger partial charge on any atom is -0.384 e. The number of rotatable bonds is 4. The highest BCUT2D eigenvalue weighted by Gasteiger charge is 2.23. The molecule has 0 amide bonds. The Hall–Kier alpha value is -1.91. The first-order valence-corrected chi connectivity index (χ1v) is 7.85. The maximum atomic E-state index is 10.6. The molecule has 3 rings (SSSR count). The Balaban J connectivity index is 1.88. The second kappa shape index (κ2) is 5.47. The molecule has 0 saturated heterocycles. The van der Waals surface area contributed by atoms with Crippen LogP contribution in [-0.4, -0.2) is 16.6 Å². The van der Waals surface area contributed by atoms with E-state index in [9.17, 15) is 5.11 Å². The monoisotopic (exact) mass is 298 g/mol. The van der Waals surface area contributed by atoms with Gasteiger partial charge in [-0.3, -0.25) is 4.98 Å². The molecule has 2 N–H and O–H groups in total. The van der Waals surface area contributed by atoms with Gasteiger partial charge in [-0.2, -0.15) is 11.3 Å². The highest BCUT2D eigenvalue weighted by molar-refractivity contribution is 7.08. The zero-order valence-corrected chi connectivity index (χ0v) is 12.9. The Morgan fingerprint density at radius 3 is 2.90 bits per heavy atom. The molecule has 21 heavy (non-hydrogen) atoms. The van der Waals surface area contributed by atoms with Crippen LogP contribution in [0.5, 0.6) is 0 Å². The first-order chi connectivity index (χ1) is 10.1. The van der Waals surface area contributed by atoms with Crippen LogP contribution in [0.1, 0.15) is 18.1 Å². The van der Waals surface area contributed by atoms with Crippen molar-refractivity contribution in [1.29, 1.82) is 0 Å². The van der Waals surface area contributed by atoms with Crippen LogP contribution in [0.15, 0.2) is 47.3 Å². The van der Waals surface area contributed by atoms with E-state index in [1.807, 2.05) is 35.9 Å². The first-order valence-electron chi connectivity index (χ1n) is 6.91. The number of nitrogens with one attached hydrogen (secondary N) is 1. The van der Waals surface area contributed by atoms with Crippen LogP contribution in [0.4, 0.5) is 5.69 Å². The van der Waals surface area contributed by atoms with Crippen molar-refractivity contribution in [1.82, 2.24) is 4.98 Å². The Morgan fingerprint density at radius 1 is 1.29 bits per heavy atom. The number of pyridine rings is 1. The molecule has 0 aliphatic rings. The van der Waals surface area contributed by atoms with E-state index in [1.165, 1.54) is 0 Å². The van der Waals surface area contributed by atoms with E-state index in [-0.39, 0.29) is 0 Å². The van der Waals surface area contributed by atoms with Gasteiger partial charge in [-0.15, -0.1) is 0 Å². The highest BCUT2D eigenvalue weighted by Crippen LogP contribution is 2.27. The van der Waals surface area contributed by atoms with Gasteiger partial charge in [0.15, 0.2) is 0 Å². The van der Waals surface area contributed by atoms with E-state index >= 15 is 0 Å². The van der Waals surface area contributed by atoms with Gasteiger partial charge in [-0.05, 0) is 47.9 Å². The summed E-state index contributed by atoms with van der Waals surface area (Å²) in [5, 5.41) is 19.0. The standard InChI is InChI=1S/C17H18N2OS/c1-12-4-3-5-14-15(6-8-18-16(12)14)19-11-17(2,20)13-7-9-21-10-13/h3-10,20H,11H2,1-2H3,(H,18,19). The topological polar surface area (TPSA) is 45.1 Å². The van der Waals surface area contributed by atoms with Crippen molar-refractivity contribution in [2.24, 2.45) is 0 Å². The molecular weight excluding hydrogens is 280 g/mol. The molecule has 1 unspecified atom stereocenters. The summed E-state index contributed by atoms with van der Waals surface area (Å²) in [4.78, 5) is 4.43. The van der Waals surface area contributed by atoms with Crippen molar-refractivity contribution in [3.8, 4) is 0 Å². The third kappa shape index (κ3) is 2.77. The molecule has 0 saturated carbocycles. The molecule has 0 spiro atoms. The first kappa shape index (κ1) is 14.0. The van der Waals surface area contributed by atoms with Crippen molar-refractivity contribution >= 4 is 27.9 Å². The number of aromatic nitrogens is 1. The molecule has 4 heteroatoms. The Kier molecular flexibility index (Phi) is 3.66. The number of aliphatic hydroxyl groups is 1. The second-order valence-electron chi connectivity index (χ2n) is 5.47. The summed E-state index contributed by atoms with van der Waals surface area (Å²) in [5.74, 6) is 0. The summed E-state index contributed by atoms with van der Waals surface area (Å²) < 4.78 is 0. The average Bonchev–Trinajstić information content (AvgIpc) is 3.01. The van der Waals surface area contributed by atoms with Crippen LogP contribution >= 0.6 is 11.3 Å². The molecule has 3 aromatic rings. The minimum absolute atomic E-state index is 0.455. The van der Waals surface area contributed by atoms with Gasteiger partial charge in [0, 0.05) is 23.8 Å². The molecule has 2 heterocycles. The van der Waals surface area contributed by atoms with Crippen molar-refractivity contribution in [2.45, 2.75) is 19.4 Å². The van der Waals surface area contributed by atoms with Crippen LogP contribution in [0.2, 0.25) is 0 Å². The number of hydrogen-bond acceptors (Lipinski definition) is 4. The van der Waals surface area contributed by atoms with Gasteiger partial charge < -0.3 is 10.4 Å². The van der Waals surface area contributed by atoms with E-state index in [1.54, 1.807) is 17.5 Å². The third-order valence-electron chi connectivity index (χ3n) is 3.74. The lowest BCUT2D eigenvalue weighted by Gasteiger charge is -2.24. The van der Waals surface area contributed by atoms with Crippen molar-refractivity contribution in [3.05, 3.63) is 58.4 Å². The maximum absolute atomic E-state index is 10.6. The molecule has 108 valence electrons. The quantitative estimate of drug-likeness (QED) is 0.767. The fourth-order valence-corrected chi connectivity index (χ4v) is 3.20.